The molecule has 0 aliphatic heterocycles. The van der Waals surface area contributed by atoms with Crippen LogP contribution in [0.15, 0.2) is 29.2 Å². The molecule has 1 aromatic rings. The van der Waals surface area contributed by atoms with E-state index in [1.54, 1.807) is 24.3 Å². The number of benzene rings is 1. The van der Waals surface area contributed by atoms with Crippen LogP contribution in [-0.4, -0.2) is 44.1 Å². The van der Waals surface area contributed by atoms with E-state index in [0.717, 1.165) is 18.5 Å². The van der Waals surface area contributed by atoms with Crippen molar-refractivity contribution in [3.63, 3.8) is 0 Å². The van der Waals surface area contributed by atoms with Crippen molar-refractivity contribution in [3.05, 3.63) is 24.3 Å². The van der Waals surface area contributed by atoms with Gasteiger partial charge in [0.15, 0.2) is 0 Å². The summed E-state index contributed by atoms with van der Waals surface area (Å²) in [6.07, 6.45) is 1.89. The molecule has 0 atom stereocenters. The van der Waals surface area contributed by atoms with E-state index in [2.05, 4.69) is 5.32 Å². The highest BCUT2D eigenvalue weighted by atomic mass is 32.2. The summed E-state index contributed by atoms with van der Waals surface area (Å²) in [6, 6.07) is 6.61. The van der Waals surface area contributed by atoms with Gasteiger partial charge in [-0.05, 0) is 37.1 Å². The summed E-state index contributed by atoms with van der Waals surface area (Å²) in [6.45, 7) is 0.102. The molecule has 0 heterocycles. The van der Waals surface area contributed by atoms with Crippen molar-refractivity contribution in [1.82, 2.24) is 4.31 Å². The van der Waals surface area contributed by atoms with Crippen molar-refractivity contribution in [2.45, 2.75) is 23.3 Å². The Hall–Kier alpha value is -1.11. The fourth-order valence-electron chi connectivity index (χ4n) is 1.70. The van der Waals surface area contributed by atoms with Crippen LogP contribution in [0.1, 0.15) is 12.8 Å². The quantitative estimate of drug-likeness (QED) is 0.833. The first-order valence-corrected chi connectivity index (χ1v) is 7.25. The molecule has 1 saturated carbocycles. The first-order valence-electron chi connectivity index (χ1n) is 5.81. The summed E-state index contributed by atoms with van der Waals surface area (Å²) in [4.78, 5) is 0.270. The molecule has 5 nitrogen and oxygen atoms in total. The lowest BCUT2D eigenvalue weighted by molar-refractivity contribution is 0.266. The van der Waals surface area contributed by atoms with E-state index < -0.39 is 10.0 Å². The molecule has 2 N–H and O–H groups in total. The van der Waals surface area contributed by atoms with Crippen molar-refractivity contribution in [2.75, 3.05) is 26.0 Å². The van der Waals surface area contributed by atoms with Gasteiger partial charge in [0.2, 0.25) is 10.0 Å². The van der Waals surface area contributed by atoms with Crippen LogP contribution in [0.25, 0.3) is 0 Å². The standard InChI is InChI=1S/C12H18N2O3S/c1-14(2)18(16,17)11-5-3-10(4-6-11)13-12(9-15)7-8-12/h3-6,13,15H,7-9H2,1-2H3. The second-order valence-corrected chi connectivity index (χ2v) is 7.03. The number of hydrogen-bond donors (Lipinski definition) is 2. The number of aliphatic hydroxyl groups is 1. The lowest BCUT2D eigenvalue weighted by atomic mass is 10.2. The minimum atomic E-state index is -3.37. The van der Waals surface area contributed by atoms with Crippen molar-refractivity contribution in [1.29, 1.82) is 0 Å². The first kappa shape index (κ1) is 13.3. The zero-order chi connectivity index (χ0) is 13.4. The van der Waals surface area contributed by atoms with Gasteiger partial charge >= 0.3 is 0 Å². The maximum absolute atomic E-state index is 11.9. The average Bonchev–Trinajstić information content (AvgIpc) is 3.10. The molecule has 1 fully saturated rings. The van der Waals surface area contributed by atoms with Gasteiger partial charge in [0.05, 0.1) is 17.0 Å². The lowest BCUT2D eigenvalue weighted by Crippen LogP contribution is -2.25. The van der Waals surface area contributed by atoms with Gasteiger partial charge in [0.1, 0.15) is 0 Å². The molecule has 0 bridgehead atoms. The largest absolute Gasteiger partial charge is 0.394 e. The summed E-state index contributed by atoms with van der Waals surface area (Å²) in [5.74, 6) is 0. The fourth-order valence-corrected chi connectivity index (χ4v) is 2.60. The molecule has 0 aromatic heterocycles. The lowest BCUT2D eigenvalue weighted by Gasteiger charge is -2.16. The number of hydrogen-bond acceptors (Lipinski definition) is 4. The predicted octanol–water partition coefficient (Wildman–Crippen LogP) is 0.874. The van der Waals surface area contributed by atoms with E-state index in [0.29, 0.717) is 0 Å². The van der Waals surface area contributed by atoms with Gasteiger partial charge in [-0.2, -0.15) is 0 Å². The molecule has 0 radical (unpaired) electrons. The van der Waals surface area contributed by atoms with E-state index in [1.165, 1.54) is 18.4 Å². The highest BCUT2D eigenvalue weighted by molar-refractivity contribution is 7.89. The number of aliphatic hydroxyl groups excluding tert-OH is 1. The molecule has 0 amide bonds. The van der Waals surface area contributed by atoms with E-state index in [4.69, 9.17) is 0 Å². The summed E-state index contributed by atoms with van der Waals surface area (Å²) in [5.41, 5.74) is 0.640. The molecule has 1 aliphatic carbocycles. The topological polar surface area (TPSA) is 69.6 Å². The fraction of sp³-hybridized carbons (Fsp3) is 0.500. The molecular weight excluding hydrogens is 252 g/mol. The summed E-state index contributed by atoms with van der Waals surface area (Å²) in [5, 5.41) is 12.4. The number of rotatable bonds is 5. The van der Waals surface area contributed by atoms with Crippen molar-refractivity contribution in [3.8, 4) is 0 Å². The Balaban J connectivity index is 2.16. The predicted molar refractivity (Wildman–Crippen MR) is 70.0 cm³/mol. The van der Waals surface area contributed by atoms with Crippen LogP contribution in [0.4, 0.5) is 5.69 Å². The third-order valence-electron chi connectivity index (χ3n) is 3.20. The zero-order valence-corrected chi connectivity index (χ0v) is 11.4. The SMILES string of the molecule is CN(C)S(=O)(=O)c1ccc(NC2(CO)CC2)cc1. The van der Waals surface area contributed by atoms with Gasteiger partial charge in [-0.1, -0.05) is 0 Å². The minimum Gasteiger partial charge on any atom is -0.394 e. The third-order valence-corrected chi connectivity index (χ3v) is 5.03. The number of nitrogens with one attached hydrogen (secondary N) is 1. The Kier molecular flexibility index (Phi) is 3.35. The molecule has 1 aromatic carbocycles. The van der Waals surface area contributed by atoms with Crippen LogP contribution in [0.2, 0.25) is 0 Å². The van der Waals surface area contributed by atoms with Gasteiger partial charge in [-0.15, -0.1) is 0 Å². The van der Waals surface area contributed by atoms with Crippen LogP contribution in [0, 0.1) is 0 Å². The van der Waals surface area contributed by atoms with Crippen molar-refractivity contribution < 1.29 is 13.5 Å². The molecule has 18 heavy (non-hydrogen) atoms. The maximum Gasteiger partial charge on any atom is 0.242 e. The van der Waals surface area contributed by atoms with E-state index in [1.807, 2.05) is 0 Å². The summed E-state index contributed by atoms with van der Waals surface area (Å²) in [7, 11) is -0.358. The van der Waals surface area contributed by atoms with Gasteiger partial charge in [0.25, 0.3) is 0 Å². The van der Waals surface area contributed by atoms with Gasteiger partial charge in [-0.3, -0.25) is 0 Å². The summed E-state index contributed by atoms with van der Waals surface area (Å²) < 4.78 is 24.9. The highest BCUT2D eigenvalue weighted by Crippen LogP contribution is 2.38. The Bertz CT molecular complexity index is 519. The van der Waals surface area contributed by atoms with E-state index in [9.17, 15) is 13.5 Å². The number of nitrogens with zero attached hydrogens (tertiary/aromatic N) is 1. The Morgan fingerprint density at radius 1 is 1.28 bits per heavy atom. The summed E-state index contributed by atoms with van der Waals surface area (Å²) >= 11 is 0. The highest BCUT2D eigenvalue weighted by Gasteiger charge is 2.41. The van der Waals surface area contributed by atoms with Crippen LogP contribution in [0.5, 0.6) is 0 Å². The first-order chi connectivity index (χ1) is 8.39. The normalized spacial score (nSPS) is 17.8. The molecule has 0 spiro atoms. The number of anilines is 1. The van der Waals surface area contributed by atoms with Gasteiger partial charge in [-0.25, -0.2) is 12.7 Å². The average molecular weight is 270 g/mol. The van der Waals surface area contributed by atoms with Crippen LogP contribution < -0.4 is 5.32 Å². The molecule has 0 unspecified atom stereocenters. The van der Waals surface area contributed by atoms with Crippen molar-refractivity contribution >= 4 is 15.7 Å². The molecular formula is C12H18N2O3S. The molecule has 2 rings (SSSR count). The molecule has 1 aliphatic rings. The minimum absolute atomic E-state index is 0.102. The molecule has 100 valence electrons. The second kappa shape index (κ2) is 4.53. The van der Waals surface area contributed by atoms with Gasteiger partial charge < -0.3 is 10.4 Å². The van der Waals surface area contributed by atoms with E-state index >= 15 is 0 Å². The van der Waals surface area contributed by atoms with E-state index in [-0.39, 0.29) is 17.0 Å². The van der Waals surface area contributed by atoms with Crippen LogP contribution >= 0.6 is 0 Å². The van der Waals surface area contributed by atoms with Crippen LogP contribution in [0.3, 0.4) is 0 Å². The smallest absolute Gasteiger partial charge is 0.242 e. The third kappa shape index (κ3) is 2.50. The Morgan fingerprint density at radius 2 is 1.83 bits per heavy atom. The second-order valence-electron chi connectivity index (χ2n) is 4.88. The van der Waals surface area contributed by atoms with Crippen LogP contribution in [-0.2, 0) is 10.0 Å². The molecule has 0 saturated heterocycles. The zero-order valence-electron chi connectivity index (χ0n) is 10.5. The monoisotopic (exact) mass is 270 g/mol. The van der Waals surface area contributed by atoms with Crippen molar-refractivity contribution in [2.24, 2.45) is 0 Å². The maximum atomic E-state index is 11.9. The number of sulfonamides is 1. The van der Waals surface area contributed by atoms with Gasteiger partial charge in [0, 0.05) is 19.8 Å². The Morgan fingerprint density at radius 3 is 2.22 bits per heavy atom. The molecule has 6 heteroatoms. The Labute approximate surface area is 107 Å².